The number of carbonyl (C=O) groups is 1. The van der Waals surface area contributed by atoms with Crippen molar-refractivity contribution in [2.75, 3.05) is 38.3 Å². The van der Waals surface area contributed by atoms with Gasteiger partial charge in [-0.05, 0) is 117 Å². The van der Waals surface area contributed by atoms with Crippen LogP contribution in [0.15, 0.2) is 48.6 Å². The summed E-state index contributed by atoms with van der Waals surface area (Å²) in [5, 5.41) is 0.443. The van der Waals surface area contributed by atoms with Crippen molar-refractivity contribution in [2.45, 2.75) is 82.2 Å². The third kappa shape index (κ3) is 6.73. The van der Waals surface area contributed by atoms with Crippen molar-refractivity contribution >= 4 is 38.8 Å². The molecule has 1 N–H and O–H groups in total. The maximum atomic E-state index is 13.8. The first-order valence-corrected chi connectivity index (χ1v) is 19.0. The fourth-order valence-corrected chi connectivity index (χ4v) is 9.41. The Morgan fingerprint density at radius 2 is 2.04 bits per heavy atom. The van der Waals surface area contributed by atoms with Gasteiger partial charge in [-0.3, -0.25) is 9.52 Å². The van der Waals surface area contributed by atoms with Crippen molar-refractivity contribution in [3.63, 3.8) is 0 Å². The number of ether oxygens (including phenoxy) is 3. The van der Waals surface area contributed by atoms with E-state index in [4.69, 9.17) is 25.8 Å². The van der Waals surface area contributed by atoms with Gasteiger partial charge in [-0.15, -0.1) is 0 Å². The lowest BCUT2D eigenvalue weighted by molar-refractivity contribution is -0.0530. The fourth-order valence-electron chi connectivity index (χ4n) is 7.73. The van der Waals surface area contributed by atoms with Crippen LogP contribution < -0.4 is 14.4 Å². The largest absolute Gasteiger partial charge is 0.490 e. The van der Waals surface area contributed by atoms with Gasteiger partial charge < -0.3 is 19.1 Å². The molecule has 1 unspecified atom stereocenters. The summed E-state index contributed by atoms with van der Waals surface area (Å²) >= 11 is 6.45. The zero-order valence-electron chi connectivity index (χ0n) is 27.6. The zero-order chi connectivity index (χ0) is 32.6. The number of nitrogens with zero attached hydrogens (tertiary/aromatic N) is 1. The minimum absolute atomic E-state index is 0.00141. The summed E-state index contributed by atoms with van der Waals surface area (Å²) in [6.07, 6.45) is 10.3. The number of fused-ring (bicyclic) bond motifs is 4. The van der Waals surface area contributed by atoms with Gasteiger partial charge in [-0.1, -0.05) is 36.7 Å². The minimum atomic E-state index is -2.92. The summed E-state index contributed by atoms with van der Waals surface area (Å²) in [6.45, 7) is 8.67. The Hall–Kier alpha value is -2.52. The Bertz CT molecular complexity index is 1580. The molecule has 0 aromatic heterocycles. The van der Waals surface area contributed by atoms with Crippen LogP contribution in [0.5, 0.6) is 5.75 Å². The summed E-state index contributed by atoms with van der Waals surface area (Å²) in [7, 11) is -1.20. The average molecular weight is 669 g/mol. The van der Waals surface area contributed by atoms with Crippen molar-refractivity contribution < 1.29 is 23.2 Å². The van der Waals surface area contributed by atoms with Gasteiger partial charge >= 0.3 is 0 Å². The molecule has 9 heteroatoms. The minimum Gasteiger partial charge on any atom is -0.490 e. The average Bonchev–Trinajstić information content (AvgIpc) is 3.17. The molecule has 8 atom stereocenters. The number of hydrogen-bond acceptors (Lipinski definition) is 6. The summed E-state index contributed by atoms with van der Waals surface area (Å²) < 4.78 is 35.3. The highest BCUT2D eigenvalue weighted by molar-refractivity contribution is 7.99. The van der Waals surface area contributed by atoms with E-state index in [1.807, 2.05) is 32.0 Å². The first-order valence-electron chi connectivity index (χ1n) is 16.8. The number of rotatable bonds is 4. The number of amides is 1. The highest BCUT2D eigenvalue weighted by Gasteiger charge is 2.44. The van der Waals surface area contributed by atoms with Crippen molar-refractivity contribution in [1.82, 2.24) is 4.72 Å². The number of carbonyl (C=O) groups excluding carboxylic acids is 1. The van der Waals surface area contributed by atoms with Crippen LogP contribution in [0.25, 0.3) is 0 Å². The molecule has 2 aromatic carbocycles. The van der Waals surface area contributed by atoms with Crippen LogP contribution in [-0.4, -0.2) is 66.9 Å². The van der Waals surface area contributed by atoms with Crippen LogP contribution in [0.1, 0.15) is 74.4 Å². The Labute approximate surface area is 280 Å². The maximum absolute atomic E-state index is 13.8. The summed E-state index contributed by atoms with van der Waals surface area (Å²) in [5.41, 5.74) is 3.76. The third-order valence-electron chi connectivity index (χ3n) is 11.1. The van der Waals surface area contributed by atoms with Gasteiger partial charge in [0.2, 0.25) is 0 Å². The molecule has 1 saturated carbocycles. The fraction of sp³-hybridized carbons (Fsp3) is 0.568. The van der Waals surface area contributed by atoms with Gasteiger partial charge in [-0.2, -0.15) is 0 Å². The Kier molecular flexibility index (Phi) is 9.82. The van der Waals surface area contributed by atoms with Gasteiger partial charge in [-0.25, -0.2) is 4.21 Å². The second-order valence-corrected chi connectivity index (χ2v) is 17.0. The van der Waals surface area contributed by atoms with Crippen molar-refractivity contribution in [1.29, 1.82) is 0 Å². The lowest BCUT2D eigenvalue weighted by Crippen LogP contribution is -2.50. The number of nitrogens with one attached hydrogen (secondary N) is 1. The number of aryl methyl sites for hydroxylation is 1. The number of allylic oxidation sites excluding steroid dienone is 1. The van der Waals surface area contributed by atoms with Gasteiger partial charge in [0.25, 0.3) is 5.91 Å². The molecule has 1 amide bonds. The van der Waals surface area contributed by atoms with E-state index in [-0.39, 0.29) is 34.7 Å². The quantitative estimate of drug-likeness (QED) is 0.292. The molecule has 2 aromatic rings. The standard InChI is InChI=1S/C37H49ClN2O5S/c1-24-8-6-10-34(44-21-25(2)43-4)31-14-11-29(31)20-40-22-37(17-7-9-27-18-30(38)13-15-32(27)37)23-45-35-16-12-28(19-33(35)40)36(41)39-46(5,42)26(24)3/h6,10,12-13,15-16,18-19,24-26,29,31,34H,5,7-9,11,14,17,20-23H2,1-4H3,(H,39,41,42)/b10-6+/t24-,25-,26+,29-,31+,34-,37-,46?/m0/s1. The van der Waals surface area contributed by atoms with E-state index in [1.165, 1.54) is 11.1 Å². The summed E-state index contributed by atoms with van der Waals surface area (Å²) in [4.78, 5) is 16.1. The van der Waals surface area contributed by atoms with Gasteiger partial charge in [0.1, 0.15) is 5.75 Å². The number of anilines is 1. The Morgan fingerprint density at radius 1 is 1.22 bits per heavy atom. The molecule has 1 spiro atoms. The Morgan fingerprint density at radius 3 is 2.80 bits per heavy atom. The first kappa shape index (κ1) is 33.4. The third-order valence-corrected chi connectivity index (χ3v) is 13.5. The van der Waals surface area contributed by atoms with Gasteiger partial charge in [0.05, 0.1) is 40.8 Å². The van der Waals surface area contributed by atoms with Crippen LogP contribution in [0.3, 0.4) is 0 Å². The molecule has 4 aliphatic rings. The van der Waals surface area contributed by atoms with E-state index < -0.39 is 9.71 Å². The van der Waals surface area contributed by atoms with E-state index in [0.29, 0.717) is 30.6 Å². The van der Waals surface area contributed by atoms with Crippen LogP contribution in [-0.2, 0) is 31.0 Å². The van der Waals surface area contributed by atoms with Crippen LogP contribution in [0.2, 0.25) is 5.02 Å². The molecule has 46 heavy (non-hydrogen) atoms. The molecule has 0 radical (unpaired) electrons. The van der Waals surface area contributed by atoms with Gasteiger partial charge in [0, 0.05) is 41.5 Å². The molecule has 2 aliphatic heterocycles. The van der Waals surface area contributed by atoms with E-state index in [2.05, 4.69) is 46.7 Å². The lowest BCUT2D eigenvalue weighted by Gasteiger charge is -2.46. The van der Waals surface area contributed by atoms with Crippen LogP contribution >= 0.6 is 11.6 Å². The smallest absolute Gasteiger partial charge is 0.262 e. The zero-order valence-corrected chi connectivity index (χ0v) is 29.2. The van der Waals surface area contributed by atoms with E-state index >= 15 is 0 Å². The molecule has 1 fully saturated rings. The second-order valence-electron chi connectivity index (χ2n) is 14.1. The monoisotopic (exact) mass is 668 g/mol. The maximum Gasteiger partial charge on any atom is 0.262 e. The topological polar surface area (TPSA) is 77.1 Å². The second kappa shape index (κ2) is 13.5. The molecule has 2 aliphatic carbocycles. The summed E-state index contributed by atoms with van der Waals surface area (Å²) in [6, 6.07) is 11.9. The molecule has 6 rings (SSSR count). The first-order chi connectivity index (χ1) is 22.0. The number of halogens is 1. The van der Waals surface area contributed by atoms with E-state index in [9.17, 15) is 9.00 Å². The number of benzene rings is 2. The number of methoxy groups -OCH3 is 1. The van der Waals surface area contributed by atoms with E-state index in [0.717, 1.165) is 68.1 Å². The highest BCUT2D eigenvalue weighted by atomic mass is 35.5. The predicted molar refractivity (Wildman–Crippen MR) is 188 cm³/mol. The summed E-state index contributed by atoms with van der Waals surface area (Å²) in [5.74, 6) is 5.21. The Balaban J connectivity index is 1.41. The lowest BCUT2D eigenvalue weighted by atomic mass is 9.68. The predicted octanol–water partition coefficient (Wildman–Crippen LogP) is 6.61. The van der Waals surface area contributed by atoms with Crippen LogP contribution in [0, 0.1) is 17.8 Å². The normalized spacial score (nSPS) is 34.2. The molecule has 250 valence electrons. The van der Waals surface area contributed by atoms with E-state index in [1.54, 1.807) is 13.2 Å². The molecule has 7 nitrogen and oxygen atoms in total. The van der Waals surface area contributed by atoms with Crippen LogP contribution in [0.4, 0.5) is 5.69 Å². The molecule has 2 bridgehead atoms. The van der Waals surface area contributed by atoms with Crippen molar-refractivity contribution in [3.05, 3.63) is 70.3 Å². The highest BCUT2D eigenvalue weighted by Crippen LogP contribution is 2.47. The van der Waals surface area contributed by atoms with Crippen molar-refractivity contribution in [3.8, 4) is 5.75 Å². The molecular formula is C37H49ClN2O5S. The molecular weight excluding hydrogens is 620 g/mol. The van der Waals surface area contributed by atoms with Gasteiger partial charge in [0.15, 0.2) is 0 Å². The van der Waals surface area contributed by atoms with Crippen molar-refractivity contribution in [2.24, 2.45) is 17.8 Å². The molecule has 2 heterocycles. The molecule has 0 saturated heterocycles. The SMILES string of the molecule is C=S1(=O)NC(=O)c2ccc3c(c2)N(C[C@@H]2CC[C@H]2[C@@H](OC[C@H](C)OC)/C=C/C[C@H](C)[C@H]1C)C[C@@]1(CCCc2cc(Cl)ccc21)CO3. The number of hydrogen-bond donors (Lipinski definition) is 1.